The lowest BCUT2D eigenvalue weighted by atomic mass is 9.86. The maximum atomic E-state index is 6.15. The number of benzene rings is 3. The number of amidine groups is 1. The molecule has 3 aromatic carbocycles. The maximum Gasteiger partial charge on any atom is 0.133 e. The van der Waals surface area contributed by atoms with E-state index in [2.05, 4.69) is 56.4 Å². The van der Waals surface area contributed by atoms with Crippen LogP contribution in [-0.4, -0.2) is 12.4 Å². The topological polar surface area (TPSA) is 33.6 Å². The van der Waals surface area contributed by atoms with Gasteiger partial charge in [0, 0.05) is 10.0 Å². The normalized spacial score (nSPS) is 18.2. The van der Waals surface area contributed by atoms with E-state index >= 15 is 0 Å². The summed E-state index contributed by atoms with van der Waals surface area (Å²) in [5.74, 6) is 1.66. The van der Waals surface area contributed by atoms with Crippen molar-refractivity contribution < 1.29 is 4.74 Å². The summed E-state index contributed by atoms with van der Waals surface area (Å²) in [4.78, 5) is 5.15. The van der Waals surface area contributed by atoms with Gasteiger partial charge in [-0.3, -0.25) is 4.99 Å². The van der Waals surface area contributed by atoms with Crippen molar-refractivity contribution in [1.29, 1.82) is 0 Å². The number of hydrogen-bond donors (Lipinski definition) is 1. The summed E-state index contributed by atoms with van der Waals surface area (Å²) in [6, 6.07) is 22.1. The third-order valence-corrected chi connectivity index (χ3v) is 6.22. The maximum absolute atomic E-state index is 6.15. The van der Waals surface area contributed by atoms with Crippen LogP contribution in [0.25, 0.3) is 0 Å². The molecule has 3 aromatic rings. The Hall–Kier alpha value is -2.49. The first kappa shape index (κ1) is 22.7. The van der Waals surface area contributed by atoms with E-state index in [1.165, 1.54) is 5.56 Å². The lowest BCUT2D eigenvalue weighted by Gasteiger charge is -2.22. The Kier molecular flexibility index (Phi) is 6.50. The van der Waals surface area contributed by atoms with E-state index in [-0.39, 0.29) is 17.5 Å². The van der Waals surface area contributed by atoms with Crippen LogP contribution in [0.15, 0.2) is 71.7 Å². The molecule has 1 aliphatic heterocycles. The van der Waals surface area contributed by atoms with Gasteiger partial charge in [-0.1, -0.05) is 74.3 Å². The first-order valence-electron chi connectivity index (χ1n) is 10.9. The quantitative estimate of drug-likeness (QED) is 0.421. The molecule has 0 fully saturated rings. The van der Waals surface area contributed by atoms with Crippen molar-refractivity contribution in [2.45, 2.75) is 45.2 Å². The zero-order chi connectivity index (χ0) is 22.9. The van der Waals surface area contributed by atoms with Crippen molar-refractivity contribution in [2.24, 2.45) is 4.99 Å². The Morgan fingerprint density at radius 3 is 2.03 bits per heavy atom. The van der Waals surface area contributed by atoms with E-state index in [0.717, 1.165) is 28.3 Å². The SMILES string of the molecule is CCOc1ccc(C(C)(C)C)cc1C1=N[C@@H](c2ccc(Cl)cc2)[C@@H](c2ccc(Cl)cc2)N1. The van der Waals surface area contributed by atoms with Crippen molar-refractivity contribution in [2.75, 3.05) is 6.61 Å². The highest BCUT2D eigenvalue weighted by Gasteiger charge is 2.33. The molecule has 166 valence electrons. The second-order valence-corrected chi connectivity index (χ2v) is 9.91. The Morgan fingerprint density at radius 1 is 0.875 bits per heavy atom. The molecule has 4 rings (SSSR count). The van der Waals surface area contributed by atoms with Crippen molar-refractivity contribution in [3.63, 3.8) is 0 Å². The smallest absolute Gasteiger partial charge is 0.133 e. The molecular formula is C27H28Cl2N2O. The molecular weight excluding hydrogens is 439 g/mol. The lowest BCUT2D eigenvalue weighted by molar-refractivity contribution is 0.339. The zero-order valence-electron chi connectivity index (χ0n) is 18.8. The minimum atomic E-state index is -0.101. The summed E-state index contributed by atoms with van der Waals surface area (Å²) in [5.41, 5.74) is 4.46. The summed E-state index contributed by atoms with van der Waals surface area (Å²) < 4.78 is 5.97. The number of hydrogen-bond acceptors (Lipinski definition) is 3. The third kappa shape index (κ3) is 4.79. The van der Waals surface area contributed by atoms with Crippen LogP contribution < -0.4 is 10.1 Å². The summed E-state index contributed by atoms with van der Waals surface area (Å²) in [6.45, 7) is 9.23. The fourth-order valence-electron chi connectivity index (χ4n) is 3.95. The van der Waals surface area contributed by atoms with Gasteiger partial charge < -0.3 is 10.1 Å². The van der Waals surface area contributed by atoms with Gasteiger partial charge in [-0.05, 0) is 65.4 Å². The van der Waals surface area contributed by atoms with Crippen molar-refractivity contribution >= 4 is 29.0 Å². The summed E-state index contributed by atoms with van der Waals surface area (Å²) >= 11 is 12.3. The van der Waals surface area contributed by atoms with E-state index in [1.54, 1.807) is 0 Å². The number of ether oxygens (including phenoxy) is 1. The Morgan fingerprint density at radius 2 is 1.47 bits per heavy atom. The molecule has 3 nitrogen and oxygen atoms in total. The molecule has 32 heavy (non-hydrogen) atoms. The van der Waals surface area contributed by atoms with Crippen LogP contribution in [-0.2, 0) is 5.41 Å². The molecule has 5 heteroatoms. The number of nitrogens with zero attached hydrogens (tertiary/aromatic N) is 1. The van der Waals surface area contributed by atoms with Crippen LogP contribution >= 0.6 is 23.2 Å². The largest absolute Gasteiger partial charge is 0.493 e. The first-order chi connectivity index (χ1) is 15.3. The number of rotatable bonds is 5. The molecule has 0 unspecified atom stereocenters. The predicted octanol–water partition coefficient (Wildman–Crippen LogP) is 7.52. The van der Waals surface area contributed by atoms with E-state index < -0.39 is 0 Å². The lowest BCUT2D eigenvalue weighted by Crippen LogP contribution is -2.26. The van der Waals surface area contributed by atoms with E-state index in [0.29, 0.717) is 16.7 Å². The molecule has 0 saturated heterocycles. The number of nitrogens with one attached hydrogen (secondary N) is 1. The second-order valence-electron chi connectivity index (χ2n) is 9.04. The van der Waals surface area contributed by atoms with Crippen molar-refractivity contribution in [1.82, 2.24) is 5.32 Å². The van der Waals surface area contributed by atoms with Crippen molar-refractivity contribution in [3.8, 4) is 5.75 Å². The van der Waals surface area contributed by atoms with Gasteiger partial charge in [0.2, 0.25) is 0 Å². The highest BCUT2D eigenvalue weighted by molar-refractivity contribution is 6.30. The van der Waals surface area contributed by atoms with Gasteiger partial charge >= 0.3 is 0 Å². The second kappa shape index (κ2) is 9.17. The zero-order valence-corrected chi connectivity index (χ0v) is 20.3. The van der Waals surface area contributed by atoms with Gasteiger partial charge in [-0.15, -0.1) is 0 Å². The summed E-state index contributed by atoms with van der Waals surface area (Å²) in [6.07, 6.45) is 0. The highest BCUT2D eigenvalue weighted by atomic mass is 35.5. The highest BCUT2D eigenvalue weighted by Crippen LogP contribution is 2.39. The minimum absolute atomic E-state index is 0.0177. The Balaban J connectivity index is 1.81. The van der Waals surface area contributed by atoms with Gasteiger partial charge in [0.05, 0.1) is 18.2 Å². The summed E-state index contributed by atoms with van der Waals surface area (Å²) in [5, 5.41) is 5.10. The molecule has 0 spiro atoms. The van der Waals surface area contributed by atoms with E-state index in [9.17, 15) is 0 Å². The average molecular weight is 467 g/mol. The molecule has 1 N–H and O–H groups in total. The first-order valence-corrected chi connectivity index (χ1v) is 11.6. The predicted molar refractivity (Wildman–Crippen MR) is 134 cm³/mol. The van der Waals surface area contributed by atoms with Gasteiger partial charge in [-0.2, -0.15) is 0 Å². The standard InChI is InChI=1S/C27H28Cl2N2O/c1-5-32-23-15-10-19(27(2,3)4)16-22(23)26-30-24(17-6-11-20(28)12-7-17)25(31-26)18-8-13-21(29)14-9-18/h6-16,24-25H,5H2,1-4H3,(H,30,31)/t24-,25+. The van der Waals surface area contributed by atoms with Gasteiger partial charge in [0.1, 0.15) is 17.6 Å². The summed E-state index contributed by atoms with van der Waals surface area (Å²) in [7, 11) is 0. The number of aliphatic imine (C=N–C) groups is 1. The van der Waals surface area contributed by atoms with Crippen LogP contribution in [0.2, 0.25) is 10.0 Å². The van der Waals surface area contributed by atoms with E-state index in [1.807, 2.05) is 43.3 Å². The molecule has 2 atom stereocenters. The van der Waals surface area contributed by atoms with Gasteiger partial charge in [0.15, 0.2) is 0 Å². The fourth-order valence-corrected chi connectivity index (χ4v) is 4.20. The third-order valence-electron chi connectivity index (χ3n) is 5.72. The van der Waals surface area contributed by atoms with Gasteiger partial charge in [0.25, 0.3) is 0 Å². The van der Waals surface area contributed by atoms with Crippen LogP contribution in [0.3, 0.4) is 0 Å². The Labute approximate surface area is 200 Å². The number of halogens is 2. The van der Waals surface area contributed by atoms with Crippen LogP contribution in [0.1, 0.15) is 62.0 Å². The minimum Gasteiger partial charge on any atom is -0.493 e. The fraction of sp³-hybridized carbons (Fsp3) is 0.296. The molecule has 0 radical (unpaired) electrons. The van der Waals surface area contributed by atoms with E-state index in [4.69, 9.17) is 32.9 Å². The van der Waals surface area contributed by atoms with Crippen LogP contribution in [0.4, 0.5) is 0 Å². The molecule has 0 aliphatic carbocycles. The molecule has 0 amide bonds. The molecule has 1 aliphatic rings. The molecule has 0 saturated carbocycles. The molecule has 0 aromatic heterocycles. The van der Waals surface area contributed by atoms with Crippen LogP contribution in [0, 0.1) is 0 Å². The van der Waals surface area contributed by atoms with Crippen LogP contribution in [0.5, 0.6) is 5.75 Å². The van der Waals surface area contributed by atoms with Crippen molar-refractivity contribution in [3.05, 3.63) is 99.0 Å². The molecule has 0 bridgehead atoms. The monoisotopic (exact) mass is 466 g/mol. The Bertz CT molecular complexity index is 1120. The van der Waals surface area contributed by atoms with Gasteiger partial charge in [-0.25, -0.2) is 0 Å². The average Bonchev–Trinajstić information content (AvgIpc) is 3.20. The molecule has 1 heterocycles.